The molecule has 0 bridgehead atoms. The zero-order valence-electron chi connectivity index (χ0n) is 25.5. The number of nitro groups is 2. The molecule has 11 nitrogen and oxygen atoms in total. The number of halogens is 1. The lowest BCUT2D eigenvalue weighted by Crippen LogP contribution is -2.44. The van der Waals surface area contributed by atoms with E-state index in [4.69, 9.17) is 9.47 Å². The molecule has 5 rings (SSSR count). The molecule has 0 saturated heterocycles. The lowest BCUT2D eigenvalue weighted by Gasteiger charge is -2.49. The Morgan fingerprint density at radius 3 is 1.93 bits per heavy atom. The molecule has 0 atom stereocenters. The summed E-state index contributed by atoms with van der Waals surface area (Å²) in [6.45, 7) is 11.0. The highest BCUT2D eigenvalue weighted by Crippen LogP contribution is 2.55. The second kappa shape index (κ2) is 11.3. The lowest BCUT2D eigenvalue weighted by molar-refractivity contribution is -0.394. The van der Waals surface area contributed by atoms with Gasteiger partial charge in [-0.2, -0.15) is 0 Å². The molecule has 1 heterocycles. The van der Waals surface area contributed by atoms with E-state index in [1.54, 1.807) is 6.07 Å². The third kappa shape index (κ3) is 5.59. The van der Waals surface area contributed by atoms with Crippen LogP contribution in [0.2, 0.25) is 0 Å². The molecule has 2 aliphatic carbocycles. The van der Waals surface area contributed by atoms with Crippen LogP contribution in [0, 0.1) is 34.6 Å². The molecule has 0 unspecified atom stereocenters. The van der Waals surface area contributed by atoms with Crippen LogP contribution in [0.25, 0.3) is 0 Å². The minimum atomic E-state index is -0.744. The summed E-state index contributed by atoms with van der Waals surface area (Å²) in [5.41, 5.74) is 2.40. The number of nitrogens with zero attached hydrogens (tertiary/aromatic N) is 3. The van der Waals surface area contributed by atoms with Crippen LogP contribution in [-0.2, 0) is 9.59 Å². The van der Waals surface area contributed by atoms with E-state index < -0.39 is 27.1 Å². The number of allylic oxidation sites excluding steroid dienone is 4. The number of ketones is 2. The normalized spacial score (nSPS) is 19.5. The Morgan fingerprint density at radius 2 is 1.45 bits per heavy atom. The van der Waals surface area contributed by atoms with Gasteiger partial charge in [-0.1, -0.05) is 27.7 Å². The Labute approximate surface area is 268 Å². The maximum absolute atomic E-state index is 13.9. The van der Waals surface area contributed by atoms with Crippen LogP contribution in [-0.4, -0.2) is 40.0 Å². The van der Waals surface area contributed by atoms with Crippen LogP contribution in [0.15, 0.2) is 52.9 Å². The first-order valence-corrected chi connectivity index (χ1v) is 15.4. The van der Waals surface area contributed by atoms with Crippen molar-refractivity contribution in [2.24, 2.45) is 10.8 Å². The summed E-state index contributed by atoms with van der Waals surface area (Å²) in [7, 11) is 1.43. The van der Waals surface area contributed by atoms with Gasteiger partial charge in [0.1, 0.15) is 0 Å². The molecule has 3 aliphatic rings. The number of hydrogen-bond acceptors (Lipinski definition) is 9. The van der Waals surface area contributed by atoms with Crippen molar-refractivity contribution in [1.29, 1.82) is 0 Å². The van der Waals surface area contributed by atoms with E-state index in [0.29, 0.717) is 52.5 Å². The Hall–Kier alpha value is -3.81. The number of carbonyl (C=O) groups is 2. The maximum Gasteiger partial charge on any atom is 0.318 e. The van der Waals surface area contributed by atoms with Crippen LogP contribution in [0.4, 0.5) is 11.4 Å². The summed E-state index contributed by atoms with van der Waals surface area (Å²) in [5.74, 6) is -0.339. The van der Waals surface area contributed by atoms with Crippen molar-refractivity contribution in [2.45, 2.75) is 66.2 Å². The third-order valence-corrected chi connectivity index (χ3v) is 9.29. The lowest BCUT2D eigenvalue weighted by atomic mass is 9.63. The molecular formula is C32H34IN3O8. The molecule has 0 aromatic heterocycles. The fourth-order valence-electron chi connectivity index (χ4n) is 6.73. The molecule has 2 aromatic carbocycles. The molecule has 1 aliphatic heterocycles. The Balaban J connectivity index is 1.69. The number of hydrogen-bond donors (Lipinski definition) is 0. The van der Waals surface area contributed by atoms with Gasteiger partial charge in [-0.05, 0) is 76.9 Å². The predicted molar refractivity (Wildman–Crippen MR) is 171 cm³/mol. The van der Waals surface area contributed by atoms with E-state index in [-0.39, 0.29) is 39.6 Å². The van der Waals surface area contributed by atoms with Crippen molar-refractivity contribution in [3.63, 3.8) is 0 Å². The van der Waals surface area contributed by atoms with Gasteiger partial charge in [-0.3, -0.25) is 29.8 Å². The number of benzene rings is 2. The van der Waals surface area contributed by atoms with E-state index in [9.17, 15) is 29.8 Å². The van der Waals surface area contributed by atoms with Gasteiger partial charge in [0.2, 0.25) is 5.75 Å². The number of nitro benzene ring substituents is 2. The second-order valence-corrected chi connectivity index (χ2v) is 14.2. The number of rotatable bonds is 7. The molecular weight excluding hydrogens is 681 g/mol. The first-order valence-electron chi connectivity index (χ1n) is 14.4. The fourth-order valence-corrected chi connectivity index (χ4v) is 7.46. The predicted octanol–water partition coefficient (Wildman–Crippen LogP) is 7.61. The monoisotopic (exact) mass is 715 g/mol. The summed E-state index contributed by atoms with van der Waals surface area (Å²) in [4.78, 5) is 51.6. The van der Waals surface area contributed by atoms with Gasteiger partial charge in [0, 0.05) is 53.9 Å². The number of methoxy groups -OCH3 is 1. The molecule has 0 spiro atoms. The number of carbonyl (C=O) groups excluding carboxylic acids is 2. The summed E-state index contributed by atoms with van der Waals surface area (Å²) in [6, 6.07) is 6.69. The maximum atomic E-state index is 13.9. The first kappa shape index (κ1) is 31.6. The van der Waals surface area contributed by atoms with Crippen LogP contribution in [0.5, 0.6) is 17.2 Å². The highest BCUT2D eigenvalue weighted by molar-refractivity contribution is 14.1. The number of non-ortho nitro benzene ring substituents is 1. The van der Waals surface area contributed by atoms with Crippen LogP contribution in [0.3, 0.4) is 0 Å². The summed E-state index contributed by atoms with van der Waals surface area (Å²) in [6.07, 6.45) is 2.12. The van der Waals surface area contributed by atoms with E-state index in [1.165, 1.54) is 13.2 Å². The summed E-state index contributed by atoms with van der Waals surface area (Å²) < 4.78 is 12.2. The van der Waals surface area contributed by atoms with Crippen LogP contribution < -0.4 is 9.47 Å². The minimum Gasteiger partial charge on any atom is -0.493 e. The third-order valence-electron chi connectivity index (χ3n) is 8.49. The number of ether oxygens (including phenoxy) is 2. The Kier molecular flexibility index (Phi) is 8.10. The quantitative estimate of drug-likeness (QED) is 0.161. The minimum absolute atomic E-state index is 0.0136. The molecule has 0 fully saturated rings. The molecule has 0 radical (unpaired) electrons. The van der Waals surface area contributed by atoms with E-state index >= 15 is 0 Å². The van der Waals surface area contributed by atoms with Crippen molar-refractivity contribution >= 4 is 45.5 Å². The molecule has 44 heavy (non-hydrogen) atoms. The van der Waals surface area contributed by atoms with E-state index in [2.05, 4.69) is 32.6 Å². The highest BCUT2D eigenvalue weighted by atomic mass is 127. The molecule has 232 valence electrons. The molecule has 12 heteroatoms. The van der Waals surface area contributed by atoms with Crippen molar-refractivity contribution in [2.75, 3.05) is 13.7 Å². The summed E-state index contributed by atoms with van der Waals surface area (Å²) >= 11 is 2.04. The van der Waals surface area contributed by atoms with Crippen molar-refractivity contribution < 1.29 is 28.9 Å². The van der Waals surface area contributed by atoms with Crippen molar-refractivity contribution in [3.8, 4) is 17.2 Å². The largest absolute Gasteiger partial charge is 0.493 e. The van der Waals surface area contributed by atoms with Crippen molar-refractivity contribution in [1.82, 2.24) is 4.90 Å². The first-order chi connectivity index (χ1) is 20.6. The highest BCUT2D eigenvalue weighted by Gasteiger charge is 2.49. The van der Waals surface area contributed by atoms with Gasteiger partial charge in [-0.15, -0.1) is 0 Å². The standard InChI is InChI=1S/C32H34IN3O8/c1-7-34-21-13-31(2,3)15-23(37)28(21)27(29-22(34)14-32(4,5)16-24(29)38)17-10-19(33)30(26(11-17)43-6)44-25-9-8-18(35(39)40)12-20(25)36(41)42/h8-12,27H,7,13-16H2,1-6H3. The molecule has 0 saturated carbocycles. The van der Waals surface area contributed by atoms with Gasteiger partial charge in [0.15, 0.2) is 23.1 Å². The van der Waals surface area contributed by atoms with E-state index in [1.807, 2.05) is 35.6 Å². The number of Topliss-reactive ketones (excluding diaryl/α,β-unsaturated/α-hetero) is 2. The van der Waals surface area contributed by atoms with Gasteiger partial charge in [0.05, 0.1) is 26.6 Å². The molecule has 0 amide bonds. The fraction of sp³-hybridized carbons (Fsp3) is 0.438. The van der Waals surface area contributed by atoms with Gasteiger partial charge in [0.25, 0.3) is 5.69 Å². The Morgan fingerprint density at radius 1 is 0.886 bits per heavy atom. The Bertz CT molecular complexity index is 1640. The van der Waals surface area contributed by atoms with Crippen LogP contribution in [0.1, 0.15) is 71.8 Å². The van der Waals surface area contributed by atoms with Crippen LogP contribution >= 0.6 is 22.6 Å². The zero-order valence-corrected chi connectivity index (χ0v) is 27.6. The average molecular weight is 716 g/mol. The van der Waals surface area contributed by atoms with E-state index in [0.717, 1.165) is 23.5 Å². The molecule has 2 aromatic rings. The summed E-state index contributed by atoms with van der Waals surface area (Å²) in [5, 5.41) is 23.0. The topological polar surface area (TPSA) is 142 Å². The second-order valence-electron chi connectivity index (χ2n) is 13.1. The SMILES string of the molecule is CCN1C2=C(C(=O)CC(C)(C)C2)C(c2cc(I)c(Oc3ccc([N+](=O)[O-])cc3[N+](=O)[O-])c(OC)c2)C2=C1CC(C)(C)CC2=O. The van der Waals surface area contributed by atoms with Crippen molar-refractivity contribution in [3.05, 3.63) is 82.2 Å². The van der Waals surface area contributed by atoms with Gasteiger partial charge in [-0.25, -0.2) is 0 Å². The zero-order chi connectivity index (χ0) is 32.3. The smallest absolute Gasteiger partial charge is 0.318 e. The van der Waals surface area contributed by atoms with Gasteiger partial charge >= 0.3 is 5.69 Å². The molecule has 0 N–H and O–H groups in total. The van der Waals surface area contributed by atoms with Gasteiger partial charge < -0.3 is 14.4 Å². The average Bonchev–Trinajstić information content (AvgIpc) is 2.91.